The average molecular weight is 175 g/mol. The Morgan fingerprint density at radius 1 is 1.54 bits per heavy atom. The Morgan fingerprint density at radius 2 is 2.31 bits per heavy atom. The molecule has 1 heterocycles. The second-order valence-corrected chi connectivity index (χ2v) is 2.97. The number of amides is 1. The molecule has 0 saturated carbocycles. The van der Waals surface area contributed by atoms with Gasteiger partial charge in [0.1, 0.15) is 0 Å². The summed E-state index contributed by atoms with van der Waals surface area (Å²) in [6, 6.07) is 5.72. The molecule has 0 saturated heterocycles. The molecule has 0 atom stereocenters. The van der Waals surface area contributed by atoms with Gasteiger partial charge >= 0.3 is 0 Å². The monoisotopic (exact) mass is 175 g/mol. The van der Waals surface area contributed by atoms with Gasteiger partial charge in [0.25, 0.3) is 5.91 Å². The second kappa shape index (κ2) is 2.58. The van der Waals surface area contributed by atoms with Gasteiger partial charge in [0.2, 0.25) is 0 Å². The zero-order valence-electron chi connectivity index (χ0n) is 7.16. The molecule has 3 N–H and O–H groups in total. The van der Waals surface area contributed by atoms with Gasteiger partial charge in [0.15, 0.2) is 5.82 Å². The average Bonchev–Trinajstić information content (AvgIpc) is 2.46. The predicted octanol–water partition coefficient (Wildman–Crippen LogP) is 0.970. The number of aromatic nitrogens is 2. The van der Waals surface area contributed by atoms with Gasteiger partial charge in [0.05, 0.1) is 11.0 Å². The molecule has 13 heavy (non-hydrogen) atoms. The number of nitrogens with two attached hydrogens (primary N) is 1. The topological polar surface area (TPSA) is 71.8 Å². The standard InChI is InChI=1S/C9H9N3O/c1-5-2-3-6-7(4-5)12-9(11-6)8(10)13/h2-4H,1H3,(H2,10,13)(H,11,12). The minimum absolute atomic E-state index is 0.209. The summed E-state index contributed by atoms with van der Waals surface area (Å²) in [5, 5.41) is 0. The maximum absolute atomic E-state index is 10.8. The molecule has 0 unspecified atom stereocenters. The quantitative estimate of drug-likeness (QED) is 0.677. The third-order valence-corrected chi connectivity index (χ3v) is 1.87. The van der Waals surface area contributed by atoms with Crippen molar-refractivity contribution in [1.29, 1.82) is 0 Å². The van der Waals surface area contributed by atoms with Crippen molar-refractivity contribution in [1.82, 2.24) is 9.97 Å². The predicted molar refractivity (Wildman–Crippen MR) is 49.3 cm³/mol. The molecule has 1 aromatic heterocycles. The van der Waals surface area contributed by atoms with Crippen LogP contribution in [0.5, 0.6) is 0 Å². The van der Waals surface area contributed by atoms with Crippen molar-refractivity contribution in [3.63, 3.8) is 0 Å². The number of aromatic amines is 1. The van der Waals surface area contributed by atoms with E-state index in [4.69, 9.17) is 5.73 Å². The maximum atomic E-state index is 10.8. The van der Waals surface area contributed by atoms with Crippen LogP contribution in [0.3, 0.4) is 0 Å². The first-order valence-electron chi connectivity index (χ1n) is 3.93. The number of aryl methyl sites for hydroxylation is 1. The number of hydrogen-bond acceptors (Lipinski definition) is 2. The smallest absolute Gasteiger partial charge is 0.284 e. The van der Waals surface area contributed by atoms with E-state index in [1.165, 1.54) is 0 Å². The first-order valence-corrected chi connectivity index (χ1v) is 3.93. The van der Waals surface area contributed by atoms with Crippen molar-refractivity contribution < 1.29 is 4.79 Å². The maximum Gasteiger partial charge on any atom is 0.284 e. The number of carbonyl (C=O) groups excluding carboxylic acids is 1. The van der Waals surface area contributed by atoms with Crippen LogP contribution in [0.1, 0.15) is 16.2 Å². The van der Waals surface area contributed by atoms with Gasteiger partial charge in [-0.05, 0) is 24.6 Å². The Hall–Kier alpha value is -1.84. The largest absolute Gasteiger partial charge is 0.363 e. The lowest BCUT2D eigenvalue weighted by molar-refractivity contribution is 0.0991. The molecule has 1 amide bonds. The molecule has 1 aromatic carbocycles. The molecule has 4 heteroatoms. The Morgan fingerprint density at radius 3 is 3.00 bits per heavy atom. The third kappa shape index (κ3) is 1.26. The zero-order chi connectivity index (χ0) is 9.42. The van der Waals surface area contributed by atoms with Crippen molar-refractivity contribution in [2.45, 2.75) is 6.92 Å². The third-order valence-electron chi connectivity index (χ3n) is 1.87. The highest BCUT2D eigenvalue weighted by Crippen LogP contribution is 2.12. The van der Waals surface area contributed by atoms with Crippen LogP contribution in [0, 0.1) is 6.92 Å². The molecule has 0 aliphatic rings. The van der Waals surface area contributed by atoms with Crippen LogP contribution in [0.4, 0.5) is 0 Å². The van der Waals surface area contributed by atoms with E-state index >= 15 is 0 Å². The van der Waals surface area contributed by atoms with Crippen molar-refractivity contribution in [3.8, 4) is 0 Å². The second-order valence-electron chi connectivity index (χ2n) is 2.97. The van der Waals surface area contributed by atoms with Crippen LogP contribution in [-0.2, 0) is 0 Å². The summed E-state index contributed by atoms with van der Waals surface area (Å²) < 4.78 is 0. The minimum atomic E-state index is -0.533. The van der Waals surface area contributed by atoms with Gasteiger partial charge in [-0.15, -0.1) is 0 Å². The molecule has 0 aliphatic carbocycles. The molecule has 0 fully saturated rings. The van der Waals surface area contributed by atoms with E-state index in [2.05, 4.69) is 9.97 Å². The summed E-state index contributed by atoms with van der Waals surface area (Å²) in [5.74, 6) is -0.325. The number of nitrogens with one attached hydrogen (secondary N) is 1. The van der Waals surface area contributed by atoms with Crippen LogP contribution < -0.4 is 5.73 Å². The van der Waals surface area contributed by atoms with Gasteiger partial charge in [-0.1, -0.05) is 6.07 Å². The number of benzene rings is 1. The van der Waals surface area contributed by atoms with Gasteiger partial charge in [-0.25, -0.2) is 4.98 Å². The molecule has 0 radical (unpaired) electrons. The Balaban J connectivity index is 2.68. The molecule has 2 rings (SSSR count). The summed E-state index contributed by atoms with van der Waals surface area (Å²) >= 11 is 0. The summed E-state index contributed by atoms with van der Waals surface area (Å²) in [6.45, 7) is 1.98. The number of nitrogens with zero attached hydrogens (tertiary/aromatic N) is 1. The lowest BCUT2D eigenvalue weighted by Gasteiger charge is -1.89. The van der Waals surface area contributed by atoms with E-state index in [-0.39, 0.29) is 5.82 Å². The Labute approximate surface area is 74.8 Å². The molecule has 2 aromatic rings. The summed E-state index contributed by atoms with van der Waals surface area (Å²) in [5.41, 5.74) is 7.81. The summed E-state index contributed by atoms with van der Waals surface area (Å²) in [4.78, 5) is 17.7. The number of carbonyl (C=O) groups is 1. The van der Waals surface area contributed by atoms with Crippen molar-refractivity contribution >= 4 is 16.9 Å². The normalized spacial score (nSPS) is 10.5. The molecule has 4 nitrogen and oxygen atoms in total. The fourth-order valence-corrected chi connectivity index (χ4v) is 1.24. The van der Waals surface area contributed by atoms with Crippen LogP contribution >= 0.6 is 0 Å². The van der Waals surface area contributed by atoms with Crippen LogP contribution in [-0.4, -0.2) is 15.9 Å². The Bertz CT molecular complexity index is 473. The van der Waals surface area contributed by atoms with Crippen LogP contribution in [0.25, 0.3) is 11.0 Å². The number of rotatable bonds is 1. The zero-order valence-corrected chi connectivity index (χ0v) is 7.16. The summed E-state index contributed by atoms with van der Waals surface area (Å²) in [7, 11) is 0. The van der Waals surface area contributed by atoms with Crippen molar-refractivity contribution in [2.75, 3.05) is 0 Å². The van der Waals surface area contributed by atoms with Gasteiger partial charge in [-0.3, -0.25) is 4.79 Å². The number of primary amides is 1. The minimum Gasteiger partial charge on any atom is -0.363 e. The lowest BCUT2D eigenvalue weighted by Crippen LogP contribution is -2.12. The Kier molecular flexibility index (Phi) is 1.55. The van der Waals surface area contributed by atoms with E-state index in [0.29, 0.717) is 0 Å². The SMILES string of the molecule is Cc1ccc2nc(C(N)=O)[nH]c2c1. The highest BCUT2D eigenvalue weighted by Gasteiger charge is 2.06. The lowest BCUT2D eigenvalue weighted by atomic mass is 10.2. The van der Waals surface area contributed by atoms with E-state index in [1.807, 2.05) is 25.1 Å². The van der Waals surface area contributed by atoms with Crippen LogP contribution in [0.15, 0.2) is 18.2 Å². The van der Waals surface area contributed by atoms with E-state index in [1.54, 1.807) is 0 Å². The summed E-state index contributed by atoms with van der Waals surface area (Å²) in [6.07, 6.45) is 0. The van der Waals surface area contributed by atoms with E-state index in [9.17, 15) is 4.79 Å². The van der Waals surface area contributed by atoms with E-state index in [0.717, 1.165) is 16.6 Å². The van der Waals surface area contributed by atoms with Crippen LogP contribution in [0.2, 0.25) is 0 Å². The highest BCUT2D eigenvalue weighted by molar-refractivity contribution is 5.92. The number of imidazole rings is 1. The fourth-order valence-electron chi connectivity index (χ4n) is 1.24. The fraction of sp³-hybridized carbons (Fsp3) is 0.111. The van der Waals surface area contributed by atoms with Gasteiger partial charge in [-0.2, -0.15) is 0 Å². The van der Waals surface area contributed by atoms with Gasteiger partial charge in [0, 0.05) is 0 Å². The number of hydrogen-bond donors (Lipinski definition) is 2. The van der Waals surface area contributed by atoms with E-state index < -0.39 is 5.91 Å². The number of H-pyrrole nitrogens is 1. The first-order chi connectivity index (χ1) is 6.16. The van der Waals surface area contributed by atoms with Gasteiger partial charge < -0.3 is 10.7 Å². The van der Waals surface area contributed by atoms with Crippen molar-refractivity contribution in [3.05, 3.63) is 29.6 Å². The number of fused-ring (bicyclic) bond motifs is 1. The highest BCUT2D eigenvalue weighted by atomic mass is 16.1. The molecular weight excluding hydrogens is 166 g/mol. The molecule has 66 valence electrons. The first kappa shape index (κ1) is 7.79. The van der Waals surface area contributed by atoms with Crippen molar-refractivity contribution in [2.24, 2.45) is 5.73 Å². The molecule has 0 spiro atoms. The molecule has 0 aliphatic heterocycles. The molecular formula is C9H9N3O. The molecule has 0 bridgehead atoms.